The van der Waals surface area contributed by atoms with Crippen LogP contribution in [-0.4, -0.2) is 50.5 Å². The van der Waals surface area contributed by atoms with Gasteiger partial charge in [-0.1, -0.05) is 6.42 Å². The summed E-state index contributed by atoms with van der Waals surface area (Å²) in [6.45, 7) is 2.69. The lowest BCUT2D eigenvalue weighted by Crippen LogP contribution is -2.40. The van der Waals surface area contributed by atoms with Gasteiger partial charge in [0.2, 0.25) is 0 Å². The van der Waals surface area contributed by atoms with Crippen molar-refractivity contribution in [1.82, 2.24) is 9.62 Å². The number of carbonyl (C=O) groups excluding carboxylic acids is 1. The summed E-state index contributed by atoms with van der Waals surface area (Å²) in [6, 6.07) is 2.69. The van der Waals surface area contributed by atoms with Crippen molar-refractivity contribution in [2.75, 3.05) is 30.5 Å². The lowest BCUT2D eigenvalue weighted by Gasteiger charge is -2.37. The van der Waals surface area contributed by atoms with Gasteiger partial charge in [0.1, 0.15) is 18.0 Å². The van der Waals surface area contributed by atoms with Crippen LogP contribution in [0.25, 0.3) is 0 Å². The standard InChI is InChI=1S/C19H26FN3O4S/c20-16-8-15(7-14-5-2-6-22(11-14)10-13-3-1-4-13)9-17(24)19(16)23-12-18(25)21-28(23,26)27/h8-9,13-14,24H,1-7,10-12H2,(H,21,25). The fraction of sp³-hybridized carbons (Fsp3) is 0.632. The minimum atomic E-state index is -4.16. The molecule has 0 bridgehead atoms. The molecule has 3 aliphatic rings. The van der Waals surface area contributed by atoms with Crippen molar-refractivity contribution in [2.24, 2.45) is 11.8 Å². The highest BCUT2D eigenvalue weighted by molar-refractivity contribution is 7.92. The summed E-state index contributed by atoms with van der Waals surface area (Å²) in [6.07, 6.45) is 6.78. The van der Waals surface area contributed by atoms with Crippen molar-refractivity contribution in [1.29, 1.82) is 0 Å². The highest BCUT2D eigenvalue weighted by Crippen LogP contribution is 2.36. The number of nitrogens with one attached hydrogen (secondary N) is 1. The van der Waals surface area contributed by atoms with Crippen molar-refractivity contribution in [3.05, 3.63) is 23.5 Å². The molecule has 1 unspecified atom stereocenters. The van der Waals surface area contributed by atoms with Crippen LogP contribution >= 0.6 is 0 Å². The van der Waals surface area contributed by atoms with Gasteiger partial charge in [0.05, 0.1) is 0 Å². The van der Waals surface area contributed by atoms with Gasteiger partial charge in [-0.2, -0.15) is 8.42 Å². The number of benzene rings is 1. The number of halogens is 1. The van der Waals surface area contributed by atoms with Crippen LogP contribution in [-0.2, 0) is 21.4 Å². The summed E-state index contributed by atoms with van der Waals surface area (Å²) in [4.78, 5) is 13.9. The van der Waals surface area contributed by atoms with E-state index in [1.165, 1.54) is 31.4 Å². The molecule has 3 fully saturated rings. The number of phenolic OH excluding ortho intramolecular Hbond substituents is 1. The molecule has 2 N–H and O–H groups in total. The van der Waals surface area contributed by atoms with Crippen molar-refractivity contribution in [2.45, 2.75) is 38.5 Å². The highest BCUT2D eigenvalue weighted by Gasteiger charge is 2.37. The molecule has 1 aromatic carbocycles. The van der Waals surface area contributed by atoms with Crippen LogP contribution in [0.2, 0.25) is 0 Å². The van der Waals surface area contributed by atoms with Crippen molar-refractivity contribution >= 4 is 21.8 Å². The molecule has 4 rings (SSSR count). The quantitative estimate of drug-likeness (QED) is 0.771. The van der Waals surface area contributed by atoms with Crippen LogP contribution in [0.5, 0.6) is 5.75 Å². The number of anilines is 1. The van der Waals surface area contributed by atoms with Crippen LogP contribution in [0.3, 0.4) is 0 Å². The van der Waals surface area contributed by atoms with E-state index >= 15 is 0 Å². The first-order valence-electron chi connectivity index (χ1n) is 9.89. The Kier molecular flexibility index (Phi) is 5.22. The second-order valence-electron chi connectivity index (χ2n) is 8.25. The molecular weight excluding hydrogens is 385 g/mol. The van der Waals surface area contributed by atoms with E-state index in [2.05, 4.69) is 4.90 Å². The van der Waals surface area contributed by atoms with E-state index in [0.29, 0.717) is 22.2 Å². The molecule has 7 nitrogen and oxygen atoms in total. The summed E-state index contributed by atoms with van der Waals surface area (Å²) in [5.41, 5.74) is 0.169. The molecule has 1 aromatic rings. The van der Waals surface area contributed by atoms with Gasteiger partial charge in [0.25, 0.3) is 5.91 Å². The van der Waals surface area contributed by atoms with Crippen molar-refractivity contribution in [3.8, 4) is 5.75 Å². The lowest BCUT2D eigenvalue weighted by molar-refractivity contribution is -0.117. The van der Waals surface area contributed by atoms with Gasteiger partial charge in [0, 0.05) is 13.1 Å². The zero-order valence-corrected chi connectivity index (χ0v) is 16.5. The van der Waals surface area contributed by atoms with E-state index in [1.54, 1.807) is 4.72 Å². The lowest BCUT2D eigenvalue weighted by atomic mass is 9.84. The number of hydrogen-bond acceptors (Lipinski definition) is 5. The van der Waals surface area contributed by atoms with E-state index in [0.717, 1.165) is 38.4 Å². The molecule has 0 radical (unpaired) electrons. The van der Waals surface area contributed by atoms with Gasteiger partial charge in [-0.3, -0.25) is 4.79 Å². The highest BCUT2D eigenvalue weighted by atomic mass is 32.2. The Labute approximate surface area is 164 Å². The first-order valence-corrected chi connectivity index (χ1v) is 11.3. The number of amides is 1. The van der Waals surface area contributed by atoms with Crippen LogP contribution in [0.15, 0.2) is 12.1 Å². The average molecular weight is 411 g/mol. The topological polar surface area (TPSA) is 90.0 Å². The molecule has 1 saturated carbocycles. The smallest absolute Gasteiger partial charge is 0.326 e. The van der Waals surface area contributed by atoms with Crippen LogP contribution < -0.4 is 9.03 Å². The van der Waals surface area contributed by atoms with Crippen molar-refractivity contribution in [3.63, 3.8) is 0 Å². The minimum Gasteiger partial charge on any atom is -0.506 e. The number of piperidine rings is 1. The maximum absolute atomic E-state index is 14.7. The Morgan fingerprint density at radius 2 is 1.93 bits per heavy atom. The minimum absolute atomic E-state index is 0.386. The number of nitrogens with zero attached hydrogens (tertiary/aromatic N) is 2. The fourth-order valence-electron chi connectivity index (χ4n) is 4.51. The van der Waals surface area contributed by atoms with Gasteiger partial charge >= 0.3 is 10.2 Å². The molecular formula is C19H26FN3O4S. The normalized spacial score (nSPS) is 25.5. The Hall–Kier alpha value is -1.87. The maximum Gasteiger partial charge on any atom is 0.326 e. The molecule has 154 valence electrons. The maximum atomic E-state index is 14.7. The number of carbonyl (C=O) groups is 1. The van der Waals surface area contributed by atoms with E-state index in [9.17, 15) is 22.7 Å². The van der Waals surface area contributed by atoms with E-state index in [1.807, 2.05) is 0 Å². The monoisotopic (exact) mass is 411 g/mol. The molecule has 2 aliphatic heterocycles. The Bertz CT molecular complexity index is 849. The molecule has 0 spiro atoms. The molecule has 1 aliphatic carbocycles. The van der Waals surface area contributed by atoms with Crippen LogP contribution in [0, 0.1) is 17.7 Å². The van der Waals surface area contributed by atoms with E-state index in [4.69, 9.17) is 0 Å². The zero-order valence-electron chi connectivity index (χ0n) is 15.7. The SMILES string of the molecule is O=C1CN(c2c(O)cc(CC3CCCN(CC4CCC4)C3)cc2F)S(=O)(=O)N1. The summed E-state index contributed by atoms with van der Waals surface area (Å²) in [5.74, 6) is -0.846. The van der Waals surface area contributed by atoms with Gasteiger partial charge in [-0.25, -0.2) is 13.4 Å². The van der Waals surface area contributed by atoms with Crippen LogP contribution in [0.1, 0.15) is 37.7 Å². The van der Waals surface area contributed by atoms with Gasteiger partial charge < -0.3 is 10.0 Å². The summed E-state index contributed by atoms with van der Waals surface area (Å²) in [5, 5.41) is 10.3. The Morgan fingerprint density at radius 1 is 1.18 bits per heavy atom. The number of likely N-dealkylation sites (tertiary alicyclic amines) is 1. The molecule has 2 heterocycles. The summed E-state index contributed by atoms with van der Waals surface area (Å²) < 4.78 is 40.9. The molecule has 0 aromatic heterocycles. The summed E-state index contributed by atoms with van der Waals surface area (Å²) in [7, 11) is -4.16. The van der Waals surface area contributed by atoms with Gasteiger partial charge in [-0.15, -0.1) is 0 Å². The van der Waals surface area contributed by atoms with Crippen molar-refractivity contribution < 1.29 is 22.7 Å². The third-order valence-electron chi connectivity index (χ3n) is 6.04. The Morgan fingerprint density at radius 3 is 2.54 bits per heavy atom. The van der Waals surface area contributed by atoms with E-state index in [-0.39, 0.29) is 0 Å². The van der Waals surface area contributed by atoms with Gasteiger partial charge in [0.15, 0.2) is 5.82 Å². The first kappa shape index (κ1) is 19.4. The molecule has 28 heavy (non-hydrogen) atoms. The second-order valence-corrected chi connectivity index (χ2v) is 9.85. The van der Waals surface area contributed by atoms with Gasteiger partial charge in [-0.05, 0) is 68.2 Å². The predicted octanol–water partition coefficient (Wildman–Crippen LogP) is 1.77. The number of aromatic hydroxyl groups is 1. The number of hydrogen-bond donors (Lipinski definition) is 2. The third kappa shape index (κ3) is 3.96. The predicted molar refractivity (Wildman–Crippen MR) is 103 cm³/mol. The summed E-state index contributed by atoms with van der Waals surface area (Å²) >= 11 is 0. The third-order valence-corrected chi connectivity index (χ3v) is 7.42. The molecule has 2 saturated heterocycles. The average Bonchev–Trinajstić information content (AvgIpc) is 2.83. The zero-order chi connectivity index (χ0) is 19.9. The van der Waals surface area contributed by atoms with Crippen LogP contribution in [0.4, 0.5) is 10.1 Å². The van der Waals surface area contributed by atoms with E-state index < -0.39 is 39.9 Å². The molecule has 1 atom stereocenters. The number of rotatable bonds is 5. The second kappa shape index (κ2) is 7.51. The first-order chi connectivity index (χ1) is 13.3. The molecule has 1 amide bonds. The molecule has 9 heteroatoms. The largest absolute Gasteiger partial charge is 0.506 e. The fourth-order valence-corrected chi connectivity index (χ4v) is 5.68. The Balaban J connectivity index is 1.46. The number of phenols is 1.